The zero-order valence-corrected chi connectivity index (χ0v) is 12.8. The number of rotatable bonds is 8. The smallest absolute Gasteiger partial charge is 0.0624 e. The molecule has 2 nitrogen and oxygen atoms in total. The predicted molar refractivity (Wildman–Crippen MR) is 80.6 cm³/mol. The van der Waals surface area contributed by atoms with Crippen LogP contribution in [0.4, 0.5) is 0 Å². The second-order valence-electron chi connectivity index (χ2n) is 4.69. The molecule has 102 valence electrons. The number of aryl methyl sites for hydroxylation is 2. The molecule has 0 aliphatic rings. The summed E-state index contributed by atoms with van der Waals surface area (Å²) in [5.41, 5.74) is 2.69. The second kappa shape index (κ2) is 8.57. The molecule has 1 aromatic rings. The maximum atomic E-state index is 5.27. The van der Waals surface area contributed by atoms with Gasteiger partial charge in [0.1, 0.15) is 0 Å². The van der Waals surface area contributed by atoms with Gasteiger partial charge >= 0.3 is 0 Å². The first-order chi connectivity index (χ1) is 8.67. The van der Waals surface area contributed by atoms with E-state index in [1.165, 1.54) is 16.0 Å². The van der Waals surface area contributed by atoms with Crippen molar-refractivity contribution < 1.29 is 4.74 Å². The fourth-order valence-corrected chi connectivity index (χ4v) is 2.93. The lowest BCUT2D eigenvalue weighted by Crippen LogP contribution is -2.35. The zero-order chi connectivity index (χ0) is 13.4. The molecule has 0 radical (unpaired) electrons. The van der Waals surface area contributed by atoms with Gasteiger partial charge in [-0.3, -0.25) is 0 Å². The molecule has 0 amide bonds. The average Bonchev–Trinajstić information content (AvgIpc) is 2.36. The van der Waals surface area contributed by atoms with E-state index >= 15 is 0 Å². The largest absolute Gasteiger partial charge is 0.383 e. The Morgan fingerprint density at radius 2 is 2.11 bits per heavy atom. The van der Waals surface area contributed by atoms with Crippen molar-refractivity contribution in [1.82, 2.24) is 5.32 Å². The first-order valence-corrected chi connectivity index (χ1v) is 7.58. The molecule has 1 N–H and O–H groups in total. The van der Waals surface area contributed by atoms with Gasteiger partial charge in [-0.1, -0.05) is 24.6 Å². The number of benzene rings is 1. The van der Waals surface area contributed by atoms with Crippen LogP contribution in [0.2, 0.25) is 0 Å². The van der Waals surface area contributed by atoms with Crippen molar-refractivity contribution in [3.8, 4) is 0 Å². The summed E-state index contributed by atoms with van der Waals surface area (Å²) in [5.74, 6) is 1.05. The Hall–Kier alpha value is -0.510. The minimum absolute atomic E-state index is 0.430. The fourth-order valence-electron chi connectivity index (χ4n) is 1.77. The molecule has 0 heterocycles. The molecule has 3 heteroatoms. The van der Waals surface area contributed by atoms with Crippen molar-refractivity contribution in [2.24, 2.45) is 0 Å². The fraction of sp³-hybridized carbons (Fsp3) is 0.600. The van der Waals surface area contributed by atoms with Gasteiger partial charge in [0.25, 0.3) is 0 Å². The van der Waals surface area contributed by atoms with Crippen LogP contribution in [0.25, 0.3) is 0 Å². The quantitative estimate of drug-likeness (QED) is 0.729. The molecule has 1 aromatic carbocycles. The predicted octanol–water partition coefficient (Wildman–Crippen LogP) is 3.41. The summed E-state index contributed by atoms with van der Waals surface area (Å²) in [4.78, 5) is 1.38. The summed E-state index contributed by atoms with van der Waals surface area (Å²) in [5, 5.41) is 3.53. The average molecular weight is 267 g/mol. The van der Waals surface area contributed by atoms with Gasteiger partial charge in [0.05, 0.1) is 6.61 Å². The number of ether oxygens (including phenoxy) is 1. The lowest BCUT2D eigenvalue weighted by atomic mass is 10.2. The summed E-state index contributed by atoms with van der Waals surface area (Å²) in [6.07, 6.45) is 1.16. The van der Waals surface area contributed by atoms with Gasteiger partial charge in [0, 0.05) is 23.8 Å². The van der Waals surface area contributed by atoms with Crippen LogP contribution in [-0.2, 0) is 4.74 Å². The molecule has 0 fully saturated rings. The van der Waals surface area contributed by atoms with E-state index in [0.717, 1.165) is 25.3 Å². The molecular weight excluding hydrogens is 242 g/mol. The van der Waals surface area contributed by atoms with Crippen molar-refractivity contribution in [1.29, 1.82) is 0 Å². The molecular formula is C15H25NOS. The molecule has 0 aromatic heterocycles. The Bertz CT molecular complexity index is 354. The van der Waals surface area contributed by atoms with Crippen LogP contribution < -0.4 is 5.32 Å². The van der Waals surface area contributed by atoms with E-state index in [9.17, 15) is 0 Å². The van der Waals surface area contributed by atoms with Crippen molar-refractivity contribution in [3.05, 3.63) is 29.3 Å². The molecule has 0 saturated carbocycles. The number of hydrogen-bond acceptors (Lipinski definition) is 3. The third-order valence-corrected chi connectivity index (χ3v) is 4.15. The summed E-state index contributed by atoms with van der Waals surface area (Å²) in [6, 6.07) is 7.06. The third-order valence-electron chi connectivity index (χ3n) is 2.83. The molecule has 0 aliphatic carbocycles. The molecule has 0 spiro atoms. The molecule has 1 rings (SSSR count). The van der Waals surface area contributed by atoms with Gasteiger partial charge in [-0.05, 0) is 38.4 Å². The highest BCUT2D eigenvalue weighted by atomic mass is 32.2. The highest BCUT2D eigenvalue weighted by molar-refractivity contribution is 7.99. The molecule has 0 aliphatic heterocycles. The van der Waals surface area contributed by atoms with Crippen molar-refractivity contribution >= 4 is 11.8 Å². The number of methoxy groups -OCH3 is 1. The van der Waals surface area contributed by atoms with Crippen LogP contribution in [0, 0.1) is 13.8 Å². The summed E-state index contributed by atoms with van der Waals surface area (Å²) in [7, 11) is 1.77. The van der Waals surface area contributed by atoms with Crippen LogP contribution in [0.3, 0.4) is 0 Å². The highest BCUT2D eigenvalue weighted by Gasteiger charge is 2.09. The van der Waals surface area contributed by atoms with Crippen molar-refractivity contribution in [2.45, 2.75) is 38.1 Å². The first kappa shape index (κ1) is 15.5. The minimum atomic E-state index is 0.430. The van der Waals surface area contributed by atoms with Gasteiger partial charge in [0.2, 0.25) is 0 Å². The van der Waals surface area contributed by atoms with E-state index in [1.54, 1.807) is 7.11 Å². The van der Waals surface area contributed by atoms with Gasteiger partial charge in [-0.25, -0.2) is 0 Å². The Labute approximate surface area is 116 Å². The Kier molecular flexibility index (Phi) is 7.40. The van der Waals surface area contributed by atoms with E-state index in [4.69, 9.17) is 4.74 Å². The van der Waals surface area contributed by atoms with E-state index in [0.29, 0.717) is 6.04 Å². The van der Waals surface area contributed by atoms with E-state index < -0.39 is 0 Å². The minimum Gasteiger partial charge on any atom is -0.383 e. The molecule has 1 atom stereocenters. The maximum Gasteiger partial charge on any atom is 0.0624 e. The van der Waals surface area contributed by atoms with Crippen LogP contribution >= 0.6 is 11.8 Å². The summed E-state index contributed by atoms with van der Waals surface area (Å²) >= 11 is 1.92. The third kappa shape index (κ3) is 5.42. The summed E-state index contributed by atoms with van der Waals surface area (Å²) < 4.78 is 5.27. The number of thioether (sulfide) groups is 1. The van der Waals surface area contributed by atoms with Crippen molar-refractivity contribution in [2.75, 3.05) is 26.0 Å². The first-order valence-electron chi connectivity index (χ1n) is 6.59. The van der Waals surface area contributed by atoms with Crippen molar-refractivity contribution in [3.63, 3.8) is 0 Å². The van der Waals surface area contributed by atoms with Gasteiger partial charge in [-0.15, -0.1) is 11.8 Å². The van der Waals surface area contributed by atoms with E-state index in [-0.39, 0.29) is 0 Å². The molecule has 0 bridgehead atoms. The molecule has 1 unspecified atom stereocenters. The monoisotopic (exact) mass is 267 g/mol. The Morgan fingerprint density at radius 3 is 2.78 bits per heavy atom. The number of nitrogens with one attached hydrogen (secondary N) is 1. The van der Waals surface area contributed by atoms with Gasteiger partial charge in [0.15, 0.2) is 0 Å². The highest BCUT2D eigenvalue weighted by Crippen LogP contribution is 2.24. The van der Waals surface area contributed by atoms with Crippen LogP contribution in [0.1, 0.15) is 24.5 Å². The molecule has 18 heavy (non-hydrogen) atoms. The number of hydrogen-bond donors (Lipinski definition) is 1. The van der Waals surface area contributed by atoms with E-state index in [2.05, 4.69) is 44.3 Å². The summed E-state index contributed by atoms with van der Waals surface area (Å²) in [6.45, 7) is 8.34. The maximum absolute atomic E-state index is 5.27. The van der Waals surface area contributed by atoms with Gasteiger partial charge < -0.3 is 10.1 Å². The SMILES string of the molecule is CCCNC(COC)CSc1cc(C)ccc1C. The van der Waals surface area contributed by atoms with Gasteiger partial charge in [-0.2, -0.15) is 0 Å². The second-order valence-corrected chi connectivity index (χ2v) is 5.75. The Morgan fingerprint density at radius 1 is 1.33 bits per heavy atom. The van der Waals surface area contributed by atoms with Crippen LogP contribution in [0.15, 0.2) is 23.1 Å². The van der Waals surface area contributed by atoms with Crippen LogP contribution in [0.5, 0.6) is 0 Å². The lowest BCUT2D eigenvalue weighted by molar-refractivity contribution is 0.174. The Balaban J connectivity index is 2.52. The van der Waals surface area contributed by atoms with E-state index in [1.807, 2.05) is 11.8 Å². The normalized spacial score (nSPS) is 12.7. The lowest BCUT2D eigenvalue weighted by Gasteiger charge is -2.17. The topological polar surface area (TPSA) is 21.3 Å². The standard InChI is InChI=1S/C15H25NOS/c1-5-8-16-14(10-17-4)11-18-15-9-12(2)6-7-13(15)3/h6-7,9,14,16H,5,8,10-11H2,1-4H3. The zero-order valence-electron chi connectivity index (χ0n) is 12.0. The van der Waals surface area contributed by atoms with Crippen LogP contribution in [-0.4, -0.2) is 32.1 Å². The molecule has 0 saturated heterocycles.